The lowest BCUT2D eigenvalue weighted by Gasteiger charge is -1.93. The summed E-state index contributed by atoms with van der Waals surface area (Å²) in [6, 6.07) is 0. The molecular weight excluding hydrogens is 312 g/mol. The van der Waals surface area contributed by atoms with Gasteiger partial charge in [0.2, 0.25) is 0 Å². The van der Waals surface area contributed by atoms with E-state index in [2.05, 4.69) is 8.37 Å². The molecule has 0 saturated heterocycles. The molecule has 0 saturated carbocycles. The van der Waals surface area contributed by atoms with Gasteiger partial charge in [-0.25, -0.2) is 8.37 Å². The number of hydrogen-bond donors (Lipinski definition) is 2. The normalized spacial score (nSPS) is 11.1. The highest BCUT2D eigenvalue weighted by atomic mass is 32.3. The van der Waals surface area contributed by atoms with Gasteiger partial charge in [0.1, 0.15) is 0 Å². The highest BCUT2D eigenvalue weighted by Crippen LogP contribution is 1.92. The maximum atomic E-state index is 9.92. The van der Waals surface area contributed by atoms with Gasteiger partial charge < -0.3 is 0 Å². The fraction of sp³-hybridized carbons (Fsp3) is 0.600. The average molecular weight is 332 g/mol. The second-order valence-corrected chi connectivity index (χ2v) is 6.17. The van der Waals surface area contributed by atoms with Gasteiger partial charge in [0.25, 0.3) is 0 Å². The third-order valence-corrected chi connectivity index (χ3v) is 2.28. The Balaban J connectivity index is 0. The van der Waals surface area contributed by atoms with Crippen LogP contribution < -0.4 is 0 Å². The first-order valence-corrected chi connectivity index (χ1v) is 8.07. The van der Waals surface area contributed by atoms with E-state index in [0.717, 1.165) is 11.1 Å². The van der Waals surface area contributed by atoms with Crippen molar-refractivity contribution in [2.75, 3.05) is 13.2 Å². The van der Waals surface area contributed by atoms with Crippen LogP contribution in [0.3, 0.4) is 0 Å². The summed E-state index contributed by atoms with van der Waals surface area (Å²) in [6.07, 6.45) is 3.10. The van der Waals surface area contributed by atoms with Gasteiger partial charge in [-0.05, 0) is 27.7 Å². The molecular formula is C10H20O8S2. The lowest BCUT2D eigenvalue weighted by atomic mass is 10.3. The van der Waals surface area contributed by atoms with Gasteiger partial charge >= 0.3 is 20.8 Å². The Hall–Kier alpha value is -0.780. The van der Waals surface area contributed by atoms with E-state index in [4.69, 9.17) is 9.11 Å². The molecule has 20 heavy (non-hydrogen) atoms. The van der Waals surface area contributed by atoms with Crippen LogP contribution in [-0.2, 0) is 29.2 Å². The molecule has 0 radical (unpaired) electrons. The Labute approximate surface area is 120 Å². The van der Waals surface area contributed by atoms with Crippen LogP contribution in [-0.4, -0.2) is 39.2 Å². The monoisotopic (exact) mass is 332 g/mol. The minimum atomic E-state index is -4.26. The third kappa shape index (κ3) is 25.9. The van der Waals surface area contributed by atoms with Gasteiger partial charge in [0.15, 0.2) is 0 Å². The second-order valence-electron chi connectivity index (χ2n) is 3.99. The fourth-order valence-electron chi connectivity index (χ4n) is 0.573. The Morgan fingerprint density at radius 3 is 1.20 bits per heavy atom. The molecule has 0 heterocycles. The van der Waals surface area contributed by atoms with Crippen LogP contribution >= 0.6 is 0 Å². The molecule has 0 aliphatic heterocycles. The van der Waals surface area contributed by atoms with Crippen molar-refractivity contribution < 1.29 is 34.3 Å². The molecule has 0 unspecified atom stereocenters. The highest BCUT2D eigenvalue weighted by Gasteiger charge is 2.00. The largest absolute Gasteiger partial charge is 0.397 e. The molecule has 0 aromatic heterocycles. The fourth-order valence-corrected chi connectivity index (χ4v) is 1.05. The molecule has 0 atom stereocenters. The maximum Gasteiger partial charge on any atom is 0.397 e. The number of rotatable bonds is 6. The summed E-state index contributed by atoms with van der Waals surface area (Å²) in [7, 11) is -8.53. The first-order chi connectivity index (χ1) is 8.83. The molecule has 0 aliphatic rings. The summed E-state index contributed by atoms with van der Waals surface area (Å²) in [6.45, 7) is 6.98. The zero-order chi connectivity index (χ0) is 16.4. The molecule has 2 N–H and O–H groups in total. The smallest absolute Gasteiger partial charge is 0.264 e. The summed E-state index contributed by atoms with van der Waals surface area (Å²) >= 11 is 0. The van der Waals surface area contributed by atoms with Crippen LogP contribution in [0, 0.1) is 0 Å². The Morgan fingerprint density at radius 2 is 1.05 bits per heavy atom. The van der Waals surface area contributed by atoms with E-state index in [9.17, 15) is 16.8 Å². The van der Waals surface area contributed by atoms with Crippen LogP contribution in [0.2, 0.25) is 0 Å². The molecule has 0 aromatic carbocycles. The van der Waals surface area contributed by atoms with Gasteiger partial charge in [-0.1, -0.05) is 23.3 Å². The number of allylic oxidation sites excluding steroid dienone is 2. The molecule has 0 bridgehead atoms. The van der Waals surface area contributed by atoms with Crippen LogP contribution in [0.1, 0.15) is 27.7 Å². The van der Waals surface area contributed by atoms with Crippen molar-refractivity contribution in [1.29, 1.82) is 0 Å². The van der Waals surface area contributed by atoms with Crippen molar-refractivity contribution in [1.82, 2.24) is 0 Å². The summed E-state index contributed by atoms with van der Waals surface area (Å²) in [4.78, 5) is 0. The summed E-state index contributed by atoms with van der Waals surface area (Å²) < 4.78 is 63.8. The SMILES string of the molecule is CC(C)=CCOS(=O)(=O)O.CC(C)=CCOS(=O)(=O)O. The minimum Gasteiger partial charge on any atom is -0.264 e. The summed E-state index contributed by atoms with van der Waals surface area (Å²) in [5.41, 5.74) is 1.87. The van der Waals surface area contributed by atoms with Gasteiger partial charge in [0.05, 0.1) is 13.2 Å². The average Bonchev–Trinajstić information content (AvgIpc) is 2.12. The predicted molar refractivity (Wildman–Crippen MR) is 73.9 cm³/mol. The van der Waals surface area contributed by atoms with E-state index in [0.29, 0.717) is 0 Å². The first-order valence-electron chi connectivity index (χ1n) is 5.34. The van der Waals surface area contributed by atoms with E-state index < -0.39 is 20.8 Å². The van der Waals surface area contributed by atoms with E-state index >= 15 is 0 Å². The van der Waals surface area contributed by atoms with E-state index in [-0.39, 0.29) is 13.2 Å². The molecule has 10 heteroatoms. The van der Waals surface area contributed by atoms with Gasteiger partial charge in [-0.2, -0.15) is 16.8 Å². The molecule has 0 spiro atoms. The van der Waals surface area contributed by atoms with Crippen LogP contribution in [0.15, 0.2) is 23.3 Å². The maximum absolute atomic E-state index is 9.92. The van der Waals surface area contributed by atoms with Crippen molar-refractivity contribution in [2.45, 2.75) is 27.7 Å². The lowest BCUT2D eigenvalue weighted by molar-refractivity contribution is 0.294. The topological polar surface area (TPSA) is 127 Å². The molecule has 0 aromatic rings. The molecule has 0 rings (SSSR count). The Morgan fingerprint density at radius 1 is 0.800 bits per heavy atom. The van der Waals surface area contributed by atoms with Gasteiger partial charge in [-0.3, -0.25) is 9.11 Å². The van der Waals surface area contributed by atoms with E-state index in [1.54, 1.807) is 39.8 Å². The van der Waals surface area contributed by atoms with E-state index in [1.807, 2.05) is 0 Å². The highest BCUT2D eigenvalue weighted by molar-refractivity contribution is 7.81. The van der Waals surface area contributed by atoms with Crippen molar-refractivity contribution in [3.63, 3.8) is 0 Å². The van der Waals surface area contributed by atoms with Crippen LogP contribution in [0.5, 0.6) is 0 Å². The van der Waals surface area contributed by atoms with Crippen LogP contribution in [0.25, 0.3) is 0 Å². The Bertz CT molecular complexity index is 470. The van der Waals surface area contributed by atoms with Crippen molar-refractivity contribution in [3.05, 3.63) is 23.3 Å². The van der Waals surface area contributed by atoms with Crippen molar-refractivity contribution in [3.8, 4) is 0 Å². The lowest BCUT2D eigenvalue weighted by Crippen LogP contribution is -2.03. The van der Waals surface area contributed by atoms with Crippen molar-refractivity contribution >= 4 is 20.8 Å². The Kier molecular flexibility index (Phi) is 10.8. The zero-order valence-corrected chi connectivity index (χ0v) is 13.4. The zero-order valence-electron chi connectivity index (χ0n) is 11.7. The van der Waals surface area contributed by atoms with Gasteiger partial charge in [-0.15, -0.1) is 0 Å². The summed E-state index contributed by atoms with van der Waals surface area (Å²) in [5.74, 6) is 0. The molecule has 0 fully saturated rings. The molecule has 8 nitrogen and oxygen atoms in total. The quantitative estimate of drug-likeness (QED) is 0.554. The van der Waals surface area contributed by atoms with Gasteiger partial charge in [0, 0.05) is 0 Å². The van der Waals surface area contributed by atoms with Crippen LogP contribution in [0.4, 0.5) is 0 Å². The van der Waals surface area contributed by atoms with Crippen molar-refractivity contribution in [2.24, 2.45) is 0 Å². The molecule has 0 amide bonds. The van der Waals surface area contributed by atoms with E-state index in [1.165, 1.54) is 0 Å². The predicted octanol–water partition coefficient (Wildman–Crippen LogP) is 1.54. The number of hydrogen-bond acceptors (Lipinski definition) is 6. The first kappa shape index (κ1) is 21.5. The minimum absolute atomic E-state index is 0.110. The standard InChI is InChI=1S/2C5H10O4S/c2*1-5(2)3-4-9-10(6,7)8/h2*3H,4H2,1-2H3,(H,6,7,8). The second kappa shape index (κ2) is 10.0. The summed E-state index contributed by atoms with van der Waals surface area (Å²) in [5, 5.41) is 0. The third-order valence-electron chi connectivity index (χ3n) is 1.42. The molecule has 0 aliphatic carbocycles. The molecule has 120 valence electrons.